The van der Waals surface area contributed by atoms with Gasteiger partial charge in [-0.2, -0.15) is 5.26 Å². The normalized spacial score (nSPS) is 13.1. The van der Waals surface area contributed by atoms with Gasteiger partial charge in [0.05, 0.1) is 31.0 Å². The molecule has 3 aromatic carbocycles. The molecule has 70 heavy (non-hydrogen) atoms. The number of rotatable bonds is 26. The Morgan fingerprint density at radius 1 is 0.800 bits per heavy atom. The zero-order valence-corrected chi connectivity index (χ0v) is 40.0. The summed E-state index contributed by atoms with van der Waals surface area (Å²) in [6.45, 7) is 3.49. The van der Waals surface area contributed by atoms with Crippen LogP contribution in [0.4, 0.5) is 11.6 Å². The highest BCUT2D eigenvalue weighted by atomic mass is 16.5. The fourth-order valence-corrected chi connectivity index (χ4v) is 7.67. The van der Waals surface area contributed by atoms with Crippen LogP contribution in [0.1, 0.15) is 31.2 Å². The summed E-state index contributed by atoms with van der Waals surface area (Å²) in [5.74, 6) is 4.22. The number of ether oxygens (including phenoxy) is 4. The summed E-state index contributed by atoms with van der Waals surface area (Å²) in [6, 6.07) is 24.5. The maximum absolute atomic E-state index is 12.2. The Labute approximate surface area is 407 Å². The van der Waals surface area contributed by atoms with Crippen molar-refractivity contribution < 1.29 is 34.0 Å². The molecular formula is C51H60N12O7. The fraction of sp³-hybridized carbons (Fsp3) is 0.373. The monoisotopic (exact) mass is 952 g/mol. The average molecular weight is 953 g/mol. The van der Waals surface area contributed by atoms with Crippen LogP contribution in [0.3, 0.4) is 0 Å². The summed E-state index contributed by atoms with van der Waals surface area (Å²) in [7, 11) is 6.97. The van der Waals surface area contributed by atoms with Gasteiger partial charge < -0.3 is 54.9 Å². The topological polar surface area (TPSA) is 238 Å². The number of benzene rings is 3. The SMILES string of the molecule is CNCC(O)COc1cc(COc2ccc(-c3cc(N(C)CCC#N)nc(-c4cccc(OCC(O)CNC)c4)n3)cc2OC)cc(-c2nc(NCCCN3CCCC3=O)cc(-c3cncnc3)n2)c1. The van der Waals surface area contributed by atoms with Crippen molar-refractivity contribution >= 4 is 17.5 Å². The molecule has 19 heteroatoms. The number of aromatic nitrogens is 6. The lowest BCUT2D eigenvalue weighted by molar-refractivity contribution is -0.127. The zero-order valence-electron chi connectivity index (χ0n) is 40.0. The van der Waals surface area contributed by atoms with Gasteiger partial charge >= 0.3 is 0 Å². The predicted molar refractivity (Wildman–Crippen MR) is 266 cm³/mol. The molecule has 6 aromatic rings. The van der Waals surface area contributed by atoms with Gasteiger partial charge in [-0.25, -0.2) is 29.9 Å². The second kappa shape index (κ2) is 25.2. The third kappa shape index (κ3) is 14.0. The third-order valence-electron chi connectivity index (χ3n) is 11.3. The Kier molecular flexibility index (Phi) is 18.1. The van der Waals surface area contributed by atoms with Gasteiger partial charge in [-0.1, -0.05) is 12.1 Å². The first-order valence-corrected chi connectivity index (χ1v) is 23.2. The molecule has 1 saturated heterocycles. The molecular weight excluding hydrogens is 893 g/mol. The lowest BCUT2D eigenvalue weighted by Gasteiger charge is -2.19. The van der Waals surface area contributed by atoms with E-state index >= 15 is 0 Å². The van der Waals surface area contributed by atoms with Crippen molar-refractivity contribution in [3.05, 3.63) is 97.1 Å². The molecule has 0 aliphatic carbocycles. The van der Waals surface area contributed by atoms with Crippen molar-refractivity contribution in [2.24, 2.45) is 0 Å². The van der Waals surface area contributed by atoms with E-state index in [-0.39, 0.29) is 25.7 Å². The number of amides is 1. The van der Waals surface area contributed by atoms with Gasteiger partial charge in [0.1, 0.15) is 61.5 Å². The zero-order chi connectivity index (χ0) is 49.2. The number of likely N-dealkylation sites (N-methyl/N-ethyl adjacent to an activating group) is 2. The van der Waals surface area contributed by atoms with Crippen LogP contribution >= 0.6 is 0 Å². The maximum atomic E-state index is 12.2. The van der Waals surface area contributed by atoms with E-state index in [2.05, 4.69) is 32.0 Å². The second-order valence-corrected chi connectivity index (χ2v) is 16.7. The highest BCUT2D eigenvalue weighted by molar-refractivity contribution is 5.78. The van der Waals surface area contributed by atoms with Crippen molar-refractivity contribution in [1.82, 2.24) is 45.4 Å². The molecule has 3 aromatic heterocycles. The summed E-state index contributed by atoms with van der Waals surface area (Å²) < 4.78 is 24.4. The van der Waals surface area contributed by atoms with Crippen molar-refractivity contribution in [3.8, 4) is 74.4 Å². The fourth-order valence-electron chi connectivity index (χ4n) is 7.67. The van der Waals surface area contributed by atoms with Crippen LogP contribution in [0, 0.1) is 11.3 Å². The van der Waals surface area contributed by atoms with Crippen molar-refractivity contribution in [2.75, 3.05) is 91.0 Å². The van der Waals surface area contributed by atoms with Crippen LogP contribution in [0.5, 0.6) is 23.0 Å². The molecule has 366 valence electrons. The number of carbonyl (C=O) groups excluding carboxylic acids is 1. The molecule has 2 atom stereocenters. The number of nitrogens with zero attached hydrogens (tertiary/aromatic N) is 9. The minimum atomic E-state index is -0.757. The van der Waals surface area contributed by atoms with Crippen LogP contribution in [-0.4, -0.2) is 144 Å². The van der Waals surface area contributed by atoms with E-state index in [1.807, 2.05) is 89.6 Å². The van der Waals surface area contributed by atoms with E-state index in [0.717, 1.165) is 30.5 Å². The number of nitrogens with one attached hydrogen (secondary N) is 3. The summed E-state index contributed by atoms with van der Waals surface area (Å²) in [6.07, 6.45) is 5.96. The Hall–Kier alpha value is -7.50. The Balaban J connectivity index is 1.17. The standard InChI is InChI=1S/C51H60N12O7/c1-53-28-39(64)31-68-41-10-5-9-36(21-41)50-59-44(25-48(61-50)62(3)16-7-14-52)35-12-13-45(46(23-35)67-4)70-30-34-19-37(22-42(20-34)69-32-40(65)29-54-2)51-58-43(38-26-55-33-56-27-38)24-47(60-51)57-15-8-18-63-17-6-11-49(63)66/h5,9-10,12-13,19-27,33,39-40,53-54,64-65H,6-8,11,15-18,28-32H2,1-4H3,(H,57,58,60). The summed E-state index contributed by atoms with van der Waals surface area (Å²) in [5.41, 5.74) is 4.74. The molecule has 2 unspecified atom stereocenters. The number of aliphatic hydroxyl groups is 2. The molecule has 19 nitrogen and oxygen atoms in total. The van der Waals surface area contributed by atoms with Crippen molar-refractivity contribution in [2.45, 2.75) is 44.5 Å². The predicted octanol–water partition coefficient (Wildman–Crippen LogP) is 5.00. The number of aliphatic hydroxyl groups excluding tert-OH is 2. The van der Waals surface area contributed by atoms with E-state index in [4.69, 9.17) is 38.9 Å². The van der Waals surface area contributed by atoms with Gasteiger partial charge in [-0.15, -0.1) is 0 Å². The highest BCUT2D eigenvalue weighted by Crippen LogP contribution is 2.36. The minimum Gasteiger partial charge on any atom is -0.493 e. The largest absolute Gasteiger partial charge is 0.493 e. The Bertz CT molecular complexity index is 2710. The van der Waals surface area contributed by atoms with Crippen LogP contribution < -0.4 is 39.8 Å². The van der Waals surface area contributed by atoms with Gasteiger partial charge in [0.15, 0.2) is 23.1 Å². The number of likely N-dealkylation sites (tertiary alicyclic amines) is 1. The summed E-state index contributed by atoms with van der Waals surface area (Å²) in [5, 5.41) is 39.4. The molecule has 0 bridgehead atoms. The van der Waals surface area contributed by atoms with Crippen LogP contribution in [0.2, 0.25) is 0 Å². The molecule has 1 aliphatic heterocycles. The molecule has 7 rings (SSSR count). The Morgan fingerprint density at radius 3 is 2.24 bits per heavy atom. The minimum absolute atomic E-state index is 0.0371. The lowest BCUT2D eigenvalue weighted by atomic mass is 10.1. The quantitative estimate of drug-likeness (QED) is 0.0450. The van der Waals surface area contributed by atoms with Gasteiger partial charge in [-0.3, -0.25) is 4.79 Å². The number of hydrogen-bond acceptors (Lipinski definition) is 18. The number of hydrogen-bond donors (Lipinski definition) is 5. The van der Waals surface area contributed by atoms with Crippen LogP contribution in [-0.2, 0) is 11.4 Å². The van der Waals surface area contributed by atoms with Crippen LogP contribution in [0.25, 0.3) is 45.3 Å². The second-order valence-electron chi connectivity index (χ2n) is 16.7. The van der Waals surface area contributed by atoms with Gasteiger partial charge in [0.25, 0.3) is 0 Å². The molecule has 0 radical (unpaired) electrons. The summed E-state index contributed by atoms with van der Waals surface area (Å²) >= 11 is 0. The molecule has 1 fully saturated rings. The van der Waals surface area contributed by atoms with E-state index < -0.39 is 12.2 Å². The maximum Gasteiger partial charge on any atom is 0.222 e. The number of carbonyl (C=O) groups is 1. The van der Waals surface area contributed by atoms with Gasteiger partial charge in [-0.05, 0) is 81.0 Å². The van der Waals surface area contributed by atoms with E-state index in [0.29, 0.717) is 120 Å². The van der Waals surface area contributed by atoms with Crippen molar-refractivity contribution in [1.29, 1.82) is 5.26 Å². The van der Waals surface area contributed by atoms with E-state index in [1.165, 1.54) is 6.33 Å². The number of nitriles is 1. The number of methoxy groups -OCH3 is 1. The smallest absolute Gasteiger partial charge is 0.222 e. The Morgan fingerprint density at radius 2 is 1.53 bits per heavy atom. The third-order valence-corrected chi connectivity index (χ3v) is 11.3. The van der Waals surface area contributed by atoms with Gasteiger partial charge in [0, 0.05) is 99.5 Å². The lowest BCUT2D eigenvalue weighted by Crippen LogP contribution is -2.29. The first kappa shape index (κ1) is 50.4. The first-order chi connectivity index (χ1) is 34.1. The van der Waals surface area contributed by atoms with Crippen LogP contribution in [0.15, 0.2) is 91.5 Å². The van der Waals surface area contributed by atoms with E-state index in [9.17, 15) is 20.3 Å². The number of anilines is 2. The molecule has 0 spiro atoms. The molecule has 5 N–H and O–H groups in total. The van der Waals surface area contributed by atoms with E-state index in [1.54, 1.807) is 33.6 Å². The molecule has 1 aliphatic rings. The summed E-state index contributed by atoms with van der Waals surface area (Å²) in [4.78, 5) is 44.1. The average Bonchev–Trinajstić information content (AvgIpc) is 3.81. The highest BCUT2D eigenvalue weighted by Gasteiger charge is 2.20. The van der Waals surface area contributed by atoms with Crippen molar-refractivity contribution in [3.63, 3.8) is 0 Å². The first-order valence-electron chi connectivity index (χ1n) is 23.2. The molecule has 0 saturated carbocycles. The molecule has 1 amide bonds. The molecule has 4 heterocycles. The van der Waals surface area contributed by atoms with Gasteiger partial charge in [0.2, 0.25) is 5.91 Å².